The van der Waals surface area contributed by atoms with E-state index in [0.29, 0.717) is 45.0 Å². The highest BCUT2D eigenvalue weighted by atomic mass is 32.2. The first-order valence-corrected chi connectivity index (χ1v) is 13.3. The Morgan fingerprint density at radius 2 is 1.65 bits per heavy atom. The van der Waals surface area contributed by atoms with Crippen LogP contribution in [-0.4, -0.2) is 31.6 Å². The number of aromatic nitrogens is 1. The number of aromatic amines is 1. The molecule has 192 valence electrons. The number of nitrogens with zero attached hydrogens (tertiary/aromatic N) is 1. The summed E-state index contributed by atoms with van der Waals surface area (Å²) in [7, 11) is -2.42. The summed E-state index contributed by atoms with van der Waals surface area (Å²) in [6.45, 7) is 5.57. The normalized spacial score (nSPS) is 12.9. The third kappa shape index (κ3) is 4.80. The van der Waals surface area contributed by atoms with Crippen molar-refractivity contribution >= 4 is 20.9 Å². The summed E-state index contributed by atoms with van der Waals surface area (Å²) < 4.78 is 45.8. The Kier molecular flexibility index (Phi) is 6.43. The molecule has 2 heterocycles. The van der Waals surface area contributed by atoms with Crippen molar-refractivity contribution in [3.05, 3.63) is 92.8 Å². The Balaban J connectivity index is 1.61. The van der Waals surface area contributed by atoms with Gasteiger partial charge in [-0.15, -0.1) is 0 Å². The molecule has 3 aromatic carbocycles. The van der Waals surface area contributed by atoms with Crippen LogP contribution >= 0.6 is 0 Å². The molecule has 0 fully saturated rings. The van der Waals surface area contributed by atoms with Gasteiger partial charge in [0.1, 0.15) is 5.75 Å². The van der Waals surface area contributed by atoms with Gasteiger partial charge in [-0.3, -0.25) is 4.79 Å². The number of pyridine rings is 1. The lowest BCUT2D eigenvalue weighted by Gasteiger charge is -2.25. The molecule has 1 N–H and O–H groups in total. The van der Waals surface area contributed by atoms with E-state index >= 15 is 0 Å². The maximum absolute atomic E-state index is 14.1. The Bertz CT molecular complexity index is 1650. The van der Waals surface area contributed by atoms with Gasteiger partial charge in [-0.05, 0) is 73.9 Å². The molecule has 1 aliphatic heterocycles. The number of ether oxygens (including phenoxy) is 3. The van der Waals surface area contributed by atoms with E-state index in [1.165, 1.54) is 4.31 Å². The summed E-state index contributed by atoms with van der Waals surface area (Å²) in [6.07, 6.45) is 0. The van der Waals surface area contributed by atoms with Crippen molar-refractivity contribution in [1.82, 2.24) is 9.29 Å². The van der Waals surface area contributed by atoms with Crippen molar-refractivity contribution in [2.24, 2.45) is 0 Å². The van der Waals surface area contributed by atoms with Crippen molar-refractivity contribution in [2.45, 2.75) is 38.8 Å². The second-order valence-electron chi connectivity index (χ2n) is 9.27. The van der Waals surface area contributed by atoms with E-state index in [1.54, 1.807) is 63.4 Å². The predicted molar refractivity (Wildman–Crippen MR) is 141 cm³/mol. The molecule has 0 bridgehead atoms. The number of methoxy groups -OCH3 is 1. The van der Waals surface area contributed by atoms with Gasteiger partial charge in [0.05, 0.1) is 12.0 Å². The molecular weight excluding hydrogens is 492 g/mol. The second-order valence-corrected chi connectivity index (χ2v) is 11.1. The number of hydrogen-bond donors (Lipinski definition) is 1. The minimum atomic E-state index is -3.99. The smallest absolute Gasteiger partial charge is 0.252 e. The molecule has 5 rings (SSSR count). The molecule has 4 aromatic rings. The minimum absolute atomic E-state index is 0.0430. The van der Waals surface area contributed by atoms with E-state index in [-0.39, 0.29) is 30.3 Å². The van der Waals surface area contributed by atoms with Crippen LogP contribution in [0, 0.1) is 20.8 Å². The molecule has 9 heteroatoms. The van der Waals surface area contributed by atoms with Gasteiger partial charge in [0.2, 0.25) is 16.8 Å². The average Bonchev–Trinajstić information content (AvgIpc) is 3.31. The van der Waals surface area contributed by atoms with Crippen molar-refractivity contribution < 1.29 is 22.6 Å². The Labute approximate surface area is 215 Å². The molecule has 1 aliphatic rings. The first-order valence-electron chi connectivity index (χ1n) is 11.8. The van der Waals surface area contributed by atoms with Gasteiger partial charge < -0.3 is 19.2 Å². The predicted octanol–water partition coefficient (Wildman–Crippen LogP) is 4.58. The number of fused-ring (bicyclic) bond motifs is 2. The van der Waals surface area contributed by atoms with Crippen LogP contribution in [-0.2, 0) is 23.1 Å². The van der Waals surface area contributed by atoms with E-state index in [0.717, 1.165) is 10.9 Å². The van der Waals surface area contributed by atoms with E-state index in [4.69, 9.17) is 14.2 Å². The Morgan fingerprint density at radius 3 is 2.38 bits per heavy atom. The summed E-state index contributed by atoms with van der Waals surface area (Å²) in [4.78, 5) is 16.1. The molecule has 0 aliphatic carbocycles. The van der Waals surface area contributed by atoms with Crippen LogP contribution < -0.4 is 19.8 Å². The van der Waals surface area contributed by atoms with Crippen LogP contribution in [0.1, 0.15) is 27.8 Å². The first kappa shape index (κ1) is 24.9. The molecule has 0 spiro atoms. The van der Waals surface area contributed by atoms with Crippen molar-refractivity contribution in [2.75, 3.05) is 13.9 Å². The lowest BCUT2D eigenvalue weighted by Crippen LogP contribution is -2.33. The molecule has 0 atom stereocenters. The van der Waals surface area contributed by atoms with Crippen molar-refractivity contribution in [3.8, 4) is 17.2 Å². The minimum Gasteiger partial charge on any atom is -0.497 e. The standard InChI is InChI=1S/C28H28N2O6S/c1-17-9-18(2)27(19(3)10-17)37(32,33)30(14-20-5-8-25-26(11-20)36-16-35-25)15-22-12-21-13-23(34-4)6-7-24(21)29-28(22)31/h5-13H,14-16H2,1-4H3,(H,29,31). The van der Waals surface area contributed by atoms with E-state index in [9.17, 15) is 13.2 Å². The van der Waals surface area contributed by atoms with E-state index < -0.39 is 10.0 Å². The van der Waals surface area contributed by atoms with Crippen LogP contribution in [0.2, 0.25) is 0 Å². The Morgan fingerprint density at radius 1 is 0.919 bits per heavy atom. The van der Waals surface area contributed by atoms with Crippen LogP contribution in [0.3, 0.4) is 0 Å². The molecule has 0 radical (unpaired) electrons. The number of rotatable bonds is 7. The lowest BCUT2D eigenvalue weighted by atomic mass is 10.1. The summed E-state index contributed by atoms with van der Waals surface area (Å²) in [5, 5.41) is 0.747. The second kappa shape index (κ2) is 9.57. The zero-order chi connectivity index (χ0) is 26.3. The molecule has 1 aromatic heterocycles. The van der Waals surface area contributed by atoms with Gasteiger partial charge in [0, 0.05) is 29.6 Å². The summed E-state index contributed by atoms with van der Waals surface area (Å²) in [5.74, 6) is 1.82. The van der Waals surface area contributed by atoms with Crippen LogP contribution in [0.4, 0.5) is 0 Å². The highest BCUT2D eigenvalue weighted by molar-refractivity contribution is 7.89. The fraction of sp³-hybridized carbons (Fsp3) is 0.250. The van der Waals surface area contributed by atoms with Gasteiger partial charge >= 0.3 is 0 Å². The molecular formula is C28H28N2O6S. The quantitative estimate of drug-likeness (QED) is 0.383. The zero-order valence-electron chi connectivity index (χ0n) is 21.1. The number of nitrogens with one attached hydrogen (secondary N) is 1. The third-order valence-electron chi connectivity index (χ3n) is 6.47. The van der Waals surface area contributed by atoms with E-state index in [1.807, 2.05) is 19.1 Å². The molecule has 0 amide bonds. The molecule has 8 nitrogen and oxygen atoms in total. The summed E-state index contributed by atoms with van der Waals surface area (Å²) >= 11 is 0. The number of hydrogen-bond acceptors (Lipinski definition) is 6. The average molecular weight is 521 g/mol. The first-order chi connectivity index (χ1) is 17.7. The maximum atomic E-state index is 14.1. The Hall–Kier alpha value is -3.82. The number of sulfonamides is 1. The van der Waals surface area contributed by atoms with Gasteiger partial charge in [-0.2, -0.15) is 4.31 Å². The van der Waals surface area contributed by atoms with Crippen molar-refractivity contribution in [1.29, 1.82) is 0 Å². The number of aryl methyl sites for hydroxylation is 3. The molecule has 0 unspecified atom stereocenters. The van der Waals surface area contributed by atoms with Gasteiger partial charge in [-0.25, -0.2) is 8.42 Å². The largest absolute Gasteiger partial charge is 0.497 e. The third-order valence-corrected chi connectivity index (χ3v) is 8.57. The van der Waals surface area contributed by atoms with Crippen LogP contribution in [0.15, 0.2) is 64.3 Å². The SMILES string of the molecule is COc1ccc2[nH]c(=O)c(CN(Cc3ccc4c(c3)OCO4)S(=O)(=O)c3c(C)cc(C)cc3C)cc2c1. The summed E-state index contributed by atoms with van der Waals surface area (Å²) in [5.41, 5.74) is 3.64. The number of H-pyrrole nitrogens is 1. The van der Waals surface area contributed by atoms with Crippen molar-refractivity contribution in [3.63, 3.8) is 0 Å². The van der Waals surface area contributed by atoms with Gasteiger partial charge in [0.25, 0.3) is 5.56 Å². The van der Waals surface area contributed by atoms with Crippen LogP contribution in [0.5, 0.6) is 17.2 Å². The molecule has 0 saturated carbocycles. The topological polar surface area (TPSA) is 97.9 Å². The fourth-order valence-corrected chi connectivity index (χ4v) is 6.65. The van der Waals surface area contributed by atoms with E-state index in [2.05, 4.69) is 4.98 Å². The monoisotopic (exact) mass is 520 g/mol. The molecule has 0 saturated heterocycles. The number of benzene rings is 3. The van der Waals surface area contributed by atoms with Crippen LogP contribution in [0.25, 0.3) is 10.9 Å². The zero-order valence-corrected chi connectivity index (χ0v) is 21.9. The maximum Gasteiger partial charge on any atom is 0.252 e. The van der Waals surface area contributed by atoms with Gasteiger partial charge in [0.15, 0.2) is 11.5 Å². The fourth-order valence-electron chi connectivity index (χ4n) is 4.84. The molecule has 37 heavy (non-hydrogen) atoms. The highest BCUT2D eigenvalue weighted by Crippen LogP contribution is 2.34. The highest BCUT2D eigenvalue weighted by Gasteiger charge is 2.30. The summed E-state index contributed by atoms with van der Waals surface area (Å²) in [6, 6.07) is 16.1. The lowest BCUT2D eigenvalue weighted by molar-refractivity contribution is 0.174. The van der Waals surface area contributed by atoms with Gasteiger partial charge in [-0.1, -0.05) is 23.8 Å².